The predicted molar refractivity (Wildman–Crippen MR) is 134 cm³/mol. The van der Waals surface area contributed by atoms with Crippen molar-refractivity contribution < 1.29 is 14.7 Å². The minimum atomic E-state index is -0.887. The van der Waals surface area contributed by atoms with E-state index in [4.69, 9.17) is 5.11 Å². The van der Waals surface area contributed by atoms with Crippen LogP contribution in [-0.4, -0.2) is 41.0 Å². The third-order valence-electron chi connectivity index (χ3n) is 5.58. The number of nitrogens with zero attached hydrogens (tertiary/aromatic N) is 3. The molecule has 0 saturated heterocycles. The lowest BCUT2D eigenvalue weighted by atomic mass is 9.98. The fraction of sp³-hybridized carbons (Fsp3) is 0.185. The van der Waals surface area contributed by atoms with E-state index in [0.29, 0.717) is 40.1 Å². The van der Waals surface area contributed by atoms with Crippen LogP contribution < -0.4 is 10.6 Å². The van der Waals surface area contributed by atoms with Crippen LogP contribution in [0.1, 0.15) is 34.2 Å². The molecule has 0 aliphatic carbocycles. The Labute approximate surface area is 203 Å². The van der Waals surface area contributed by atoms with Crippen LogP contribution in [0.2, 0.25) is 0 Å². The van der Waals surface area contributed by atoms with Crippen molar-refractivity contribution in [1.29, 1.82) is 5.26 Å². The smallest absolute Gasteiger partial charge is 0.303 e. The Morgan fingerprint density at radius 2 is 1.89 bits per heavy atom. The molecular formula is C27H25N5O3. The lowest BCUT2D eigenvalue weighted by Gasteiger charge is -2.16. The Morgan fingerprint density at radius 3 is 2.57 bits per heavy atom. The second-order valence-electron chi connectivity index (χ2n) is 8.61. The molecule has 1 aliphatic heterocycles. The van der Waals surface area contributed by atoms with Crippen LogP contribution in [0.15, 0.2) is 60.9 Å². The number of rotatable bonds is 8. The van der Waals surface area contributed by atoms with Crippen LogP contribution in [0.3, 0.4) is 0 Å². The van der Waals surface area contributed by atoms with Crippen molar-refractivity contribution in [3.63, 3.8) is 0 Å². The molecule has 0 bridgehead atoms. The number of hydrogen-bond acceptors (Lipinski definition) is 6. The van der Waals surface area contributed by atoms with Crippen molar-refractivity contribution in [3.05, 3.63) is 88.7 Å². The summed E-state index contributed by atoms with van der Waals surface area (Å²) in [6.45, 7) is 0.806. The first-order valence-corrected chi connectivity index (χ1v) is 11.1. The number of carbonyl (C=O) groups excluding carboxylic acids is 1. The van der Waals surface area contributed by atoms with Crippen LogP contribution in [-0.2, 0) is 22.6 Å². The summed E-state index contributed by atoms with van der Waals surface area (Å²) in [5.41, 5.74) is 6.04. The van der Waals surface area contributed by atoms with Gasteiger partial charge in [-0.2, -0.15) is 5.26 Å². The highest BCUT2D eigenvalue weighted by Gasteiger charge is 2.29. The molecule has 3 aromatic rings. The molecule has 8 nitrogen and oxygen atoms in total. The first-order valence-electron chi connectivity index (χ1n) is 11.1. The van der Waals surface area contributed by atoms with Crippen molar-refractivity contribution in [1.82, 2.24) is 9.88 Å². The highest BCUT2D eigenvalue weighted by molar-refractivity contribution is 6.37. The summed E-state index contributed by atoms with van der Waals surface area (Å²) in [4.78, 5) is 30.6. The van der Waals surface area contributed by atoms with Gasteiger partial charge in [-0.05, 0) is 62.0 Å². The second-order valence-corrected chi connectivity index (χ2v) is 8.61. The van der Waals surface area contributed by atoms with Crippen LogP contribution in [0, 0.1) is 11.3 Å². The molecular weight excluding hydrogens is 442 g/mol. The fourth-order valence-corrected chi connectivity index (χ4v) is 3.98. The third-order valence-corrected chi connectivity index (χ3v) is 5.58. The number of amides is 1. The summed E-state index contributed by atoms with van der Waals surface area (Å²) in [6, 6.07) is 17.0. The van der Waals surface area contributed by atoms with Gasteiger partial charge >= 0.3 is 5.97 Å². The normalized spacial score (nSPS) is 13.7. The molecule has 0 saturated carbocycles. The van der Waals surface area contributed by atoms with E-state index in [2.05, 4.69) is 26.6 Å². The highest BCUT2D eigenvalue weighted by Crippen LogP contribution is 2.38. The number of pyridine rings is 1. The Morgan fingerprint density at radius 1 is 1.11 bits per heavy atom. The average Bonchev–Trinajstić information content (AvgIpc) is 3.16. The first kappa shape index (κ1) is 23.7. The molecule has 0 radical (unpaired) electrons. The lowest BCUT2D eigenvalue weighted by Crippen LogP contribution is -2.11. The van der Waals surface area contributed by atoms with Gasteiger partial charge in [0.25, 0.3) is 5.91 Å². The summed E-state index contributed by atoms with van der Waals surface area (Å²) < 4.78 is 0. The van der Waals surface area contributed by atoms with E-state index in [1.165, 1.54) is 0 Å². The van der Waals surface area contributed by atoms with E-state index >= 15 is 0 Å². The number of nitriles is 1. The third kappa shape index (κ3) is 5.54. The van der Waals surface area contributed by atoms with E-state index in [-0.39, 0.29) is 12.3 Å². The molecule has 3 N–H and O–H groups in total. The topological polar surface area (TPSA) is 118 Å². The van der Waals surface area contributed by atoms with Crippen molar-refractivity contribution >= 4 is 34.5 Å². The number of aliphatic carboxylic acids is 1. The molecule has 1 amide bonds. The fourth-order valence-electron chi connectivity index (χ4n) is 3.98. The first-order chi connectivity index (χ1) is 16.8. The monoisotopic (exact) mass is 467 g/mol. The summed E-state index contributed by atoms with van der Waals surface area (Å²) in [6.07, 6.45) is 3.59. The molecule has 176 valence electrons. The van der Waals surface area contributed by atoms with Crippen molar-refractivity contribution in [3.8, 4) is 6.07 Å². The van der Waals surface area contributed by atoms with Gasteiger partial charge in [-0.25, -0.2) is 0 Å². The maximum atomic E-state index is 13.1. The van der Waals surface area contributed by atoms with E-state index < -0.39 is 5.97 Å². The number of benzene rings is 2. The molecule has 1 aliphatic rings. The van der Waals surface area contributed by atoms with Gasteiger partial charge in [-0.3, -0.25) is 14.6 Å². The van der Waals surface area contributed by atoms with Crippen LogP contribution in [0.4, 0.5) is 11.4 Å². The van der Waals surface area contributed by atoms with Gasteiger partial charge in [0.05, 0.1) is 28.6 Å². The van der Waals surface area contributed by atoms with Crippen molar-refractivity contribution in [2.24, 2.45) is 0 Å². The number of fused-ring (bicyclic) bond motifs is 1. The molecule has 4 rings (SSSR count). The van der Waals surface area contributed by atoms with Crippen molar-refractivity contribution in [2.45, 2.75) is 19.4 Å². The zero-order valence-corrected chi connectivity index (χ0v) is 19.5. The number of carboxylic acid groups (broad SMARTS) is 1. The molecule has 1 aromatic heterocycles. The zero-order chi connectivity index (χ0) is 24.9. The Bertz CT molecular complexity index is 1350. The van der Waals surface area contributed by atoms with E-state index in [9.17, 15) is 14.9 Å². The highest BCUT2D eigenvalue weighted by atomic mass is 16.4. The molecule has 35 heavy (non-hydrogen) atoms. The van der Waals surface area contributed by atoms with Gasteiger partial charge in [0.1, 0.15) is 0 Å². The van der Waals surface area contributed by atoms with Gasteiger partial charge in [0, 0.05) is 42.2 Å². The van der Waals surface area contributed by atoms with Gasteiger partial charge in [-0.15, -0.1) is 0 Å². The number of carboxylic acids is 1. The summed E-state index contributed by atoms with van der Waals surface area (Å²) >= 11 is 0. The largest absolute Gasteiger partial charge is 0.481 e. The van der Waals surface area contributed by atoms with Gasteiger partial charge in [0.15, 0.2) is 0 Å². The molecule has 8 heteroatoms. The van der Waals surface area contributed by atoms with E-state index in [1.807, 2.05) is 44.4 Å². The summed E-state index contributed by atoms with van der Waals surface area (Å²) in [7, 11) is 4.01. The zero-order valence-electron chi connectivity index (χ0n) is 19.5. The quantitative estimate of drug-likeness (QED) is 0.429. The van der Waals surface area contributed by atoms with Gasteiger partial charge in [0.2, 0.25) is 0 Å². The van der Waals surface area contributed by atoms with Gasteiger partial charge < -0.3 is 20.6 Å². The van der Waals surface area contributed by atoms with Crippen LogP contribution in [0.5, 0.6) is 0 Å². The number of nitrogens with one attached hydrogen (secondary N) is 2. The molecule has 0 atom stereocenters. The van der Waals surface area contributed by atoms with E-state index in [0.717, 1.165) is 23.4 Å². The molecule has 2 heterocycles. The molecule has 0 spiro atoms. The minimum Gasteiger partial charge on any atom is -0.481 e. The lowest BCUT2D eigenvalue weighted by molar-refractivity contribution is -0.137. The maximum absolute atomic E-state index is 13.1. The van der Waals surface area contributed by atoms with Crippen LogP contribution >= 0.6 is 0 Å². The maximum Gasteiger partial charge on any atom is 0.303 e. The molecule has 2 aromatic carbocycles. The summed E-state index contributed by atoms with van der Waals surface area (Å²) in [5.74, 6) is -1.18. The number of anilines is 2. The standard InChI is InChI=1S/C27H25N5O3/c1-32(2)16-17-3-7-21(8-4-17)30-26(20-11-19(14-29-15-20)6-10-24(33)34)25-22-9-5-18(13-28)12-23(22)31-27(25)35/h3-5,7-9,11-12,14-15,30H,6,10,16H2,1-2H3,(H,31,35)(H,33,34)/b26-25-. The van der Waals surface area contributed by atoms with E-state index in [1.54, 1.807) is 30.6 Å². The molecule has 0 fully saturated rings. The number of aromatic nitrogens is 1. The van der Waals surface area contributed by atoms with Gasteiger partial charge in [-0.1, -0.05) is 18.2 Å². The Balaban J connectivity index is 1.80. The second kappa shape index (κ2) is 10.2. The number of aryl methyl sites for hydroxylation is 1. The summed E-state index contributed by atoms with van der Waals surface area (Å²) in [5, 5.41) is 24.5. The van der Waals surface area contributed by atoms with Crippen molar-refractivity contribution in [2.75, 3.05) is 24.7 Å². The Hall–Kier alpha value is -4.48. The average molecular weight is 468 g/mol. The van der Waals surface area contributed by atoms with Crippen LogP contribution in [0.25, 0.3) is 11.3 Å². The number of hydrogen-bond donors (Lipinski definition) is 3. The SMILES string of the molecule is CN(C)Cc1ccc(N/C(=C2\C(=O)Nc3cc(C#N)ccc32)c2cncc(CCC(=O)O)c2)cc1. The minimum absolute atomic E-state index is 0.0158. The Kier molecular flexibility index (Phi) is 6.90. The number of carbonyl (C=O) groups is 2. The predicted octanol–water partition coefficient (Wildman–Crippen LogP) is 3.96. The molecule has 0 unspecified atom stereocenters.